The molecule has 23 heavy (non-hydrogen) atoms. The summed E-state index contributed by atoms with van der Waals surface area (Å²) in [5, 5.41) is 2.71. The van der Waals surface area contributed by atoms with Crippen molar-refractivity contribution in [1.29, 1.82) is 0 Å². The van der Waals surface area contributed by atoms with Crippen LogP contribution in [-0.4, -0.2) is 31.6 Å². The number of hydrogen-bond donors (Lipinski definition) is 3. The Morgan fingerprint density at radius 3 is 2.35 bits per heavy atom. The number of halogens is 1. The first-order valence-electron chi connectivity index (χ1n) is 6.80. The normalized spacial score (nSPS) is 11.9. The average molecular weight is 346 g/mol. The molecule has 1 atom stereocenters. The summed E-state index contributed by atoms with van der Waals surface area (Å²) in [4.78, 5) is 22.9. The molecule has 0 aliphatic carbocycles. The van der Waals surface area contributed by atoms with Crippen LogP contribution in [0.4, 0.5) is 5.69 Å². The quantitative estimate of drug-likeness (QED) is 0.718. The van der Waals surface area contributed by atoms with Gasteiger partial charge in [0.1, 0.15) is 0 Å². The van der Waals surface area contributed by atoms with Gasteiger partial charge in [-0.15, -0.1) is 12.4 Å². The number of ether oxygens (including phenoxy) is 2. The molecule has 0 aromatic heterocycles. The molecule has 5 N–H and O–H groups in total. The molecule has 0 heterocycles. The van der Waals surface area contributed by atoms with Crippen molar-refractivity contribution in [2.75, 3.05) is 19.0 Å². The highest BCUT2D eigenvalue weighted by Crippen LogP contribution is 2.30. The molecule has 0 saturated carbocycles. The Balaban J connectivity index is 0.00000484. The molecule has 7 nitrogen and oxygen atoms in total. The number of primary amides is 1. The Hall–Kier alpha value is -1.99. The monoisotopic (exact) mass is 345 g/mol. The summed E-state index contributed by atoms with van der Waals surface area (Å²) in [7, 11) is 1.47. The smallest absolute Gasteiger partial charge is 0.255 e. The molecule has 0 aliphatic rings. The Bertz CT molecular complexity index is 558. The van der Waals surface area contributed by atoms with Crippen molar-refractivity contribution >= 4 is 29.9 Å². The Labute approximate surface area is 142 Å². The van der Waals surface area contributed by atoms with Crippen molar-refractivity contribution in [2.24, 2.45) is 16.9 Å². The van der Waals surface area contributed by atoms with Gasteiger partial charge >= 0.3 is 0 Å². The van der Waals surface area contributed by atoms with Crippen LogP contribution in [0, 0.1) is 5.41 Å². The minimum absolute atomic E-state index is 0. The topological polar surface area (TPSA) is 117 Å². The first kappa shape index (κ1) is 21.0. The third-order valence-electron chi connectivity index (χ3n) is 3.02. The molecule has 1 rings (SSSR count). The molecule has 0 bridgehead atoms. The van der Waals surface area contributed by atoms with Crippen molar-refractivity contribution in [3.8, 4) is 11.5 Å². The van der Waals surface area contributed by atoms with Gasteiger partial charge in [-0.1, -0.05) is 20.8 Å². The zero-order valence-electron chi connectivity index (χ0n) is 13.7. The highest BCUT2D eigenvalue weighted by Gasteiger charge is 2.27. The highest BCUT2D eigenvalue weighted by atomic mass is 35.5. The number of amides is 2. The van der Waals surface area contributed by atoms with E-state index in [1.807, 2.05) is 20.8 Å². The van der Waals surface area contributed by atoms with Gasteiger partial charge in [0.25, 0.3) is 5.91 Å². The molecule has 0 saturated heterocycles. The summed E-state index contributed by atoms with van der Waals surface area (Å²) in [5.74, 6) is -0.174. The van der Waals surface area contributed by atoms with E-state index in [2.05, 4.69) is 5.32 Å². The van der Waals surface area contributed by atoms with Gasteiger partial charge in [0, 0.05) is 11.8 Å². The maximum atomic E-state index is 12.1. The van der Waals surface area contributed by atoms with Crippen LogP contribution in [-0.2, 0) is 9.59 Å². The fraction of sp³-hybridized carbons (Fsp3) is 0.467. The number of methoxy groups -OCH3 is 1. The lowest BCUT2D eigenvalue weighted by molar-refractivity contribution is -0.120. The number of carbonyl (C=O) groups is 2. The maximum Gasteiger partial charge on any atom is 0.255 e. The second kappa shape index (κ2) is 8.59. The van der Waals surface area contributed by atoms with Gasteiger partial charge in [-0.2, -0.15) is 0 Å². The molecule has 1 aromatic rings. The van der Waals surface area contributed by atoms with Gasteiger partial charge in [-0.05, 0) is 17.5 Å². The minimum atomic E-state index is -0.662. The summed E-state index contributed by atoms with van der Waals surface area (Å²) < 4.78 is 10.4. The Kier molecular flexibility index (Phi) is 7.85. The Morgan fingerprint density at radius 2 is 1.87 bits per heavy atom. The molecule has 1 aromatic carbocycles. The van der Waals surface area contributed by atoms with Crippen LogP contribution >= 0.6 is 12.4 Å². The number of anilines is 1. The number of benzene rings is 1. The number of nitrogens with two attached hydrogens (primary N) is 2. The summed E-state index contributed by atoms with van der Waals surface area (Å²) in [6.45, 7) is 5.36. The van der Waals surface area contributed by atoms with Crippen LogP contribution in [0.5, 0.6) is 11.5 Å². The molecule has 0 aliphatic heterocycles. The van der Waals surface area contributed by atoms with E-state index < -0.39 is 11.9 Å². The summed E-state index contributed by atoms with van der Waals surface area (Å²) in [5.41, 5.74) is 11.1. The lowest BCUT2D eigenvalue weighted by atomic mass is 9.87. The van der Waals surface area contributed by atoms with Crippen molar-refractivity contribution in [2.45, 2.75) is 26.8 Å². The van der Waals surface area contributed by atoms with E-state index in [-0.39, 0.29) is 30.3 Å². The third-order valence-corrected chi connectivity index (χ3v) is 3.02. The molecule has 130 valence electrons. The van der Waals surface area contributed by atoms with Crippen LogP contribution in [0.1, 0.15) is 20.8 Å². The van der Waals surface area contributed by atoms with Crippen molar-refractivity contribution in [3.05, 3.63) is 18.2 Å². The van der Waals surface area contributed by atoms with Gasteiger partial charge in [0.2, 0.25) is 5.91 Å². The van der Waals surface area contributed by atoms with E-state index in [0.717, 1.165) is 0 Å². The molecule has 0 fully saturated rings. The van der Waals surface area contributed by atoms with Crippen LogP contribution in [0.2, 0.25) is 0 Å². The number of carbonyl (C=O) groups excluding carboxylic acids is 2. The first-order valence-corrected chi connectivity index (χ1v) is 6.80. The summed E-state index contributed by atoms with van der Waals surface area (Å²) >= 11 is 0. The molecule has 2 amide bonds. The van der Waals surface area contributed by atoms with Crippen LogP contribution in [0.3, 0.4) is 0 Å². The largest absolute Gasteiger partial charge is 0.493 e. The van der Waals surface area contributed by atoms with E-state index >= 15 is 0 Å². The zero-order valence-corrected chi connectivity index (χ0v) is 14.5. The number of hydrogen-bond acceptors (Lipinski definition) is 5. The first-order chi connectivity index (χ1) is 10.1. The molecular formula is C15H24ClN3O4. The Morgan fingerprint density at radius 1 is 1.26 bits per heavy atom. The standard InChI is InChI=1S/C15H23N3O4.ClH/c1-15(2,3)13(17)14(20)18-9-5-6-10(21-4)11(7-9)22-8-12(16)19;/h5-7,13H,8,17H2,1-4H3,(H2,16,19)(H,18,20);1H/t13-;/m1./s1. The van der Waals surface area contributed by atoms with Crippen molar-refractivity contribution < 1.29 is 19.1 Å². The fourth-order valence-corrected chi connectivity index (χ4v) is 1.63. The number of nitrogens with one attached hydrogen (secondary N) is 1. The van der Waals surface area contributed by atoms with E-state index in [4.69, 9.17) is 20.9 Å². The molecular weight excluding hydrogens is 322 g/mol. The van der Waals surface area contributed by atoms with Gasteiger partial charge in [0.05, 0.1) is 13.2 Å². The highest BCUT2D eigenvalue weighted by molar-refractivity contribution is 5.95. The van der Waals surface area contributed by atoms with Crippen molar-refractivity contribution in [1.82, 2.24) is 0 Å². The van der Waals surface area contributed by atoms with Crippen molar-refractivity contribution in [3.63, 3.8) is 0 Å². The molecule has 0 spiro atoms. The lowest BCUT2D eigenvalue weighted by Crippen LogP contribution is -2.45. The minimum Gasteiger partial charge on any atom is -0.493 e. The summed E-state index contributed by atoms with van der Waals surface area (Å²) in [6, 6.07) is 4.16. The third kappa shape index (κ3) is 6.33. The second-order valence-electron chi connectivity index (χ2n) is 5.95. The number of rotatable bonds is 6. The van der Waals surface area contributed by atoms with E-state index in [0.29, 0.717) is 17.2 Å². The van der Waals surface area contributed by atoms with Gasteiger partial charge < -0.3 is 26.3 Å². The predicted octanol–water partition coefficient (Wildman–Crippen LogP) is 1.29. The SMILES string of the molecule is COc1ccc(NC(=O)[C@@H](N)C(C)(C)C)cc1OCC(N)=O.Cl. The van der Waals surface area contributed by atoms with Crippen LogP contribution in [0.25, 0.3) is 0 Å². The van der Waals surface area contributed by atoms with Gasteiger partial charge in [-0.3, -0.25) is 9.59 Å². The predicted molar refractivity (Wildman–Crippen MR) is 91.0 cm³/mol. The second-order valence-corrected chi connectivity index (χ2v) is 5.95. The maximum absolute atomic E-state index is 12.1. The van der Waals surface area contributed by atoms with Gasteiger partial charge in [-0.25, -0.2) is 0 Å². The molecule has 0 unspecified atom stereocenters. The van der Waals surface area contributed by atoms with E-state index in [1.165, 1.54) is 7.11 Å². The molecule has 8 heteroatoms. The van der Waals surface area contributed by atoms with Crippen LogP contribution < -0.4 is 26.3 Å². The van der Waals surface area contributed by atoms with E-state index in [9.17, 15) is 9.59 Å². The molecule has 0 radical (unpaired) electrons. The lowest BCUT2D eigenvalue weighted by Gasteiger charge is -2.25. The van der Waals surface area contributed by atoms with E-state index in [1.54, 1.807) is 18.2 Å². The van der Waals surface area contributed by atoms with Gasteiger partial charge in [0.15, 0.2) is 18.1 Å². The summed E-state index contributed by atoms with van der Waals surface area (Å²) in [6.07, 6.45) is 0. The fourth-order valence-electron chi connectivity index (χ4n) is 1.63. The van der Waals surface area contributed by atoms with Crippen LogP contribution in [0.15, 0.2) is 18.2 Å². The zero-order chi connectivity index (χ0) is 16.9. The average Bonchev–Trinajstić information content (AvgIpc) is 2.43.